The summed E-state index contributed by atoms with van der Waals surface area (Å²) in [5, 5.41) is 0.0334. The molecule has 2 aromatic rings. The van der Waals surface area contributed by atoms with E-state index in [9.17, 15) is 22.4 Å². The predicted octanol–water partition coefficient (Wildman–Crippen LogP) is 3.27. The average molecular weight is 302 g/mol. The maximum absolute atomic E-state index is 13.4. The molecule has 0 radical (unpaired) electrons. The summed E-state index contributed by atoms with van der Waals surface area (Å²) in [7, 11) is 0. The summed E-state index contributed by atoms with van der Waals surface area (Å²) in [5.41, 5.74) is -2.37. The standard InChI is InChI=1S/C13H10F4N2O2/c1-3-21-12(20)8-4-7-6(2)9(14)5-18-11(7)19-10(8)13(15,16)17/h4-5H,3H2,1-2H3. The normalized spacial score (nSPS) is 11.7. The van der Waals surface area contributed by atoms with Crippen LogP contribution in [-0.4, -0.2) is 22.5 Å². The summed E-state index contributed by atoms with van der Waals surface area (Å²) in [6.45, 7) is 2.74. The van der Waals surface area contributed by atoms with Gasteiger partial charge in [-0.3, -0.25) is 0 Å². The number of aromatic nitrogens is 2. The minimum atomic E-state index is -4.85. The number of aryl methyl sites for hydroxylation is 1. The van der Waals surface area contributed by atoms with Gasteiger partial charge in [-0.15, -0.1) is 0 Å². The highest BCUT2D eigenvalue weighted by Crippen LogP contribution is 2.33. The maximum atomic E-state index is 13.4. The van der Waals surface area contributed by atoms with Gasteiger partial charge in [-0.2, -0.15) is 13.2 Å². The molecule has 0 N–H and O–H groups in total. The first-order valence-corrected chi connectivity index (χ1v) is 5.96. The Morgan fingerprint density at radius 1 is 1.38 bits per heavy atom. The second kappa shape index (κ2) is 5.27. The zero-order valence-corrected chi connectivity index (χ0v) is 11.1. The van der Waals surface area contributed by atoms with E-state index in [1.807, 2.05) is 0 Å². The van der Waals surface area contributed by atoms with Crippen molar-refractivity contribution in [3.63, 3.8) is 0 Å². The number of alkyl halides is 3. The van der Waals surface area contributed by atoms with Gasteiger partial charge in [0.15, 0.2) is 11.3 Å². The van der Waals surface area contributed by atoms with E-state index in [1.165, 1.54) is 13.8 Å². The second-order valence-corrected chi connectivity index (χ2v) is 4.21. The molecule has 0 spiro atoms. The summed E-state index contributed by atoms with van der Waals surface area (Å²) in [6.07, 6.45) is -4.06. The lowest BCUT2D eigenvalue weighted by Crippen LogP contribution is -2.18. The van der Waals surface area contributed by atoms with E-state index in [1.54, 1.807) is 0 Å². The Kier molecular flexibility index (Phi) is 3.80. The van der Waals surface area contributed by atoms with Gasteiger partial charge in [-0.05, 0) is 25.5 Å². The van der Waals surface area contributed by atoms with Crippen molar-refractivity contribution in [2.75, 3.05) is 6.61 Å². The van der Waals surface area contributed by atoms with Gasteiger partial charge in [0.1, 0.15) is 5.82 Å². The Morgan fingerprint density at radius 2 is 2.05 bits per heavy atom. The van der Waals surface area contributed by atoms with Crippen molar-refractivity contribution in [2.45, 2.75) is 20.0 Å². The quantitative estimate of drug-likeness (QED) is 0.631. The van der Waals surface area contributed by atoms with Gasteiger partial charge in [-0.25, -0.2) is 19.2 Å². The molecule has 0 saturated heterocycles. The fraction of sp³-hybridized carbons (Fsp3) is 0.308. The van der Waals surface area contributed by atoms with E-state index in [0.717, 1.165) is 12.3 Å². The smallest absolute Gasteiger partial charge is 0.434 e. The third kappa shape index (κ3) is 2.79. The Balaban J connectivity index is 2.78. The van der Waals surface area contributed by atoms with E-state index in [-0.39, 0.29) is 23.2 Å². The number of rotatable bonds is 2. The third-order valence-corrected chi connectivity index (χ3v) is 2.83. The van der Waals surface area contributed by atoms with E-state index in [2.05, 4.69) is 14.7 Å². The molecule has 0 fully saturated rings. The van der Waals surface area contributed by atoms with Gasteiger partial charge in [0.2, 0.25) is 0 Å². The molecule has 8 heteroatoms. The molecule has 0 aromatic carbocycles. The molecular weight excluding hydrogens is 292 g/mol. The first-order valence-electron chi connectivity index (χ1n) is 5.96. The fourth-order valence-electron chi connectivity index (χ4n) is 1.80. The lowest BCUT2D eigenvalue weighted by atomic mass is 10.1. The third-order valence-electron chi connectivity index (χ3n) is 2.83. The van der Waals surface area contributed by atoms with Crippen molar-refractivity contribution >= 4 is 17.0 Å². The number of esters is 1. The predicted molar refractivity (Wildman–Crippen MR) is 65.2 cm³/mol. The van der Waals surface area contributed by atoms with Crippen LogP contribution in [0.3, 0.4) is 0 Å². The fourth-order valence-corrected chi connectivity index (χ4v) is 1.80. The molecule has 0 aliphatic heterocycles. The summed E-state index contributed by atoms with van der Waals surface area (Å²) < 4.78 is 57.0. The molecule has 0 atom stereocenters. The molecule has 4 nitrogen and oxygen atoms in total. The number of carbonyl (C=O) groups is 1. The SMILES string of the molecule is CCOC(=O)c1cc2c(C)c(F)cnc2nc1C(F)(F)F. The minimum Gasteiger partial charge on any atom is -0.462 e. The van der Waals surface area contributed by atoms with Crippen molar-refractivity contribution in [1.29, 1.82) is 0 Å². The lowest BCUT2D eigenvalue weighted by molar-refractivity contribution is -0.141. The van der Waals surface area contributed by atoms with Gasteiger partial charge in [-0.1, -0.05) is 0 Å². The molecule has 2 heterocycles. The Labute approximate surface area is 116 Å². The molecule has 0 unspecified atom stereocenters. The highest BCUT2D eigenvalue weighted by Gasteiger charge is 2.38. The first-order chi connectivity index (χ1) is 9.75. The lowest BCUT2D eigenvalue weighted by Gasteiger charge is -2.13. The molecule has 112 valence electrons. The van der Waals surface area contributed by atoms with Gasteiger partial charge in [0.25, 0.3) is 0 Å². The van der Waals surface area contributed by atoms with Crippen LogP contribution in [-0.2, 0) is 10.9 Å². The summed E-state index contributed by atoms with van der Waals surface area (Å²) in [6, 6.07) is 0.911. The number of ether oxygens (including phenoxy) is 1. The largest absolute Gasteiger partial charge is 0.462 e. The Hall–Kier alpha value is -2.25. The van der Waals surface area contributed by atoms with Crippen molar-refractivity contribution in [2.24, 2.45) is 0 Å². The molecule has 0 aliphatic carbocycles. The molecule has 0 bridgehead atoms. The summed E-state index contributed by atoms with van der Waals surface area (Å²) in [4.78, 5) is 18.5. The van der Waals surface area contributed by atoms with Crippen LogP contribution in [0.5, 0.6) is 0 Å². The number of hydrogen-bond donors (Lipinski definition) is 0. The second-order valence-electron chi connectivity index (χ2n) is 4.21. The number of halogens is 4. The minimum absolute atomic E-state index is 0.0334. The van der Waals surface area contributed by atoms with E-state index in [0.29, 0.717) is 0 Å². The molecular formula is C13H10F4N2O2. The van der Waals surface area contributed by atoms with Crippen LogP contribution in [0.2, 0.25) is 0 Å². The molecule has 2 rings (SSSR count). The van der Waals surface area contributed by atoms with Crippen LogP contribution in [0.1, 0.15) is 28.5 Å². The van der Waals surface area contributed by atoms with Crippen LogP contribution in [0.15, 0.2) is 12.3 Å². The van der Waals surface area contributed by atoms with Crippen LogP contribution in [0.25, 0.3) is 11.0 Å². The highest BCUT2D eigenvalue weighted by molar-refractivity contribution is 5.95. The zero-order valence-electron chi connectivity index (χ0n) is 11.1. The molecule has 2 aromatic heterocycles. The first kappa shape index (κ1) is 15.1. The van der Waals surface area contributed by atoms with Crippen molar-refractivity contribution < 1.29 is 27.1 Å². The monoisotopic (exact) mass is 302 g/mol. The molecule has 0 amide bonds. The van der Waals surface area contributed by atoms with Gasteiger partial charge in [0, 0.05) is 5.39 Å². The number of fused-ring (bicyclic) bond motifs is 1. The molecule has 21 heavy (non-hydrogen) atoms. The average Bonchev–Trinajstić information content (AvgIpc) is 2.41. The van der Waals surface area contributed by atoms with Crippen LogP contribution in [0.4, 0.5) is 17.6 Å². The van der Waals surface area contributed by atoms with E-state index < -0.39 is 29.2 Å². The van der Waals surface area contributed by atoms with Crippen molar-refractivity contribution in [1.82, 2.24) is 9.97 Å². The van der Waals surface area contributed by atoms with Gasteiger partial charge in [0.05, 0.1) is 18.4 Å². The molecule has 0 aliphatic rings. The topological polar surface area (TPSA) is 52.1 Å². The van der Waals surface area contributed by atoms with Crippen molar-refractivity contribution in [3.05, 3.63) is 34.9 Å². The highest BCUT2D eigenvalue weighted by atomic mass is 19.4. The van der Waals surface area contributed by atoms with E-state index >= 15 is 0 Å². The Morgan fingerprint density at radius 3 is 2.62 bits per heavy atom. The summed E-state index contributed by atoms with van der Waals surface area (Å²) in [5.74, 6) is -1.86. The van der Waals surface area contributed by atoms with Gasteiger partial charge < -0.3 is 4.74 Å². The number of pyridine rings is 2. The Bertz CT molecular complexity index is 713. The van der Waals surface area contributed by atoms with Crippen LogP contribution in [0, 0.1) is 12.7 Å². The van der Waals surface area contributed by atoms with E-state index in [4.69, 9.17) is 0 Å². The number of nitrogens with zero attached hydrogens (tertiary/aromatic N) is 2. The van der Waals surface area contributed by atoms with Gasteiger partial charge >= 0.3 is 12.1 Å². The zero-order chi connectivity index (χ0) is 15.8. The van der Waals surface area contributed by atoms with Crippen molar-refractivity contribution in [3.8, 4) is 0 Å². The summed E-state index contributed by atoms with van der Waals surface area (Å²) >= 11 is 0. The number of carbonyl (C=O) groups excluding carboxylic acids is 1. The van der Waals surface area contributed by atoms with Crippen LogP contribution >= 0.6 is 0 Å². The number of hydrogen-bond acceptors (Lipinski definition) is 4. The maximum Gasteiger partial charge on any atom is 0.434 e. The van der Waals surface area contributed by atoms with Crippen LogP contribution < -0.4 is 0 Å². The molecule has 0 saturated carbocycles.